The van der Waals surface area contributed by atoms with E-state index in [0.717, 1.165) is 22.2 Å². The SMILES string of the molecule is CC1C=C/C(n2c3ccc(-c4ccccc4)cc3c3cc(-c4ccccc4)ccc32)=C\C/C=C(/c2cccc(-c3cccc4c3sc3nccnc34)c2)S1. The summed E-state index contributed by atoms with van der Waals surface area (Å²) in [5.74, 6) is 0. The minimum Gasteiger partial charge on any atom is -0.310 e. The van der Waals surface area contributed by atoms with E-state index < -0.39 is 0 Å². The molecule has 0 saturated carbocycles. The van der Waals surface area contributed by atoms with Gasteiger partial charge in [-0.25, -0.2) is 4.98 Å². The van der Waals surface area contributed by atoms with E-state index in [4.69, 9.17) is 0 Å². The van der Waals surface area contributed by atoms with Gasteiger partial charge >= 0.3 is 0 Å². The third-order valence-corrected chi connectivity index (χ3v) is 12.6. The van der Waals surface area contributed by atoms with Crippen molar-refractivity contribution in [1.29, 1.82) is 0 Å². The van der Waals surface area contributed by atoms with Gasteiger partial charge in [0.1, 0.15) is 10.3 Å². The predicted molar refractivity (Wildman–Crippen MR) is 234 cm³/mol. The number of thioether (sulfide) groups is 1. The number of thiophene rings is 1. The number of allylic oxidation sites excluding steroid dienone is 4. The van der Waals surface area contributed by atoms with Crippen LogP contribution in [-0.2, 0) is 0 Å². The summed E-state index contributed by atoms with van der Waals surface area (Å²) in [6.07, 6.45) is 13.8. The van der Waals surface area contributed by atoms with Crippen molar-refractivity contribution < 1.29 is 0 Å². The van der Waals surface area contributed by atoms with E-state index in [1.165, 1.54) is 76.1 Å². The molecule has 9 aromatic rings. The molecular weight excluding hydrogens is 695 g/mol. The van der Waals surface area contributed by atoms with Crippen LogP contribution >= 0.6 is 23.1 Å². The Morgan fingerprint density at radius 2 is 1.22 bits per heavy atom. The van der Waals surface area contributed by atoms with Gasteiger partial charge in [-0.3, -0.25) is 4.98 Å². The predicted octanol–water partition coefficient (Wildman–Crippen LogP) is 13.9. The summed E-state index contributed by atoms with van der Waals surface area (Å²) in [7, 11) is 0. The Balaban J connectivity index is 1.06. The van der Waals surface area contributed by atoms with E-state index in [-0.39, 0.29) is 5.25 Å². The van der Waals surface area contributed by atoms with E-state index in [1.54, 1.807) is 23.7 Å². The number of aromatic nitrogens is 3. The molecule has 0 amide bonds. The first-order valence-electron chi connectivity index (χ1n) is 18.4. The van der Waals surface area contributed by atoms with Gasteiger partial charge in [0.05, 0.1) is 11.0 Å². The summed E-state index contributed by atoms with van der Waals surface area (Å²) < 4.78 is 3.69. The van der Waals surface area contributed by atoms with Crippen molar-refractivity contribution in [3.8, 4) is 33.4 Å². The van der Waals surface area contributed by atoms with Crippen LogP contribution in [0.1, 0.15) is 18.9 Å². The lowest BCUT2D eigenvalue weighted by molar-refractivity contribution is 1.20. The fourth-order valence-electron chi connectivity index (χ4n) is 7.73. The first-order valence-corrected chi connectivity index (χ1v) is 20.1. The van der Waals surface area contributed by atoms with Crippen molar-refractivity contribution in [3.05, 3.63) is 182 Å². The van der Waals surface area contributed by atoms with Gasteiger partial charge in [0.15, 0.2) is 0 Å². The maximum absolute atomic E-state index is 4.64. The van der Waals surface area contributed by atoms with E-state index in [0.29, 0.717) is 0 Å². The lowest BCUT2D eigenvalue weighted by Gasteiger charge is -2.13. The number of hydrogen-bond acceptors (Lipinski definition) is 4. The molecule has 1 unspecified atom stereocenters. The average Bonchev–Trinajstić information content (AvgIpc) is 3.79. The molecule has 10 rings (SSSR count). The maximum atomic E-state index is 4.64. The van der Waals surface area contributed by atoms with Crippen LogP contribution < -0.4 is 0 Å². The molecular formula is C49H35N3S2. The number of rotatable bonds is 5. The molecule has 0 saturated heterocycles. The van der Waals surface area contributed by atoms with Crippen LogP contribution in [0.2, 0.25) is 0 Å². The molecule has 0 fully saturated rings. The molecule has 258 valence electrons. The third-order valence-electron chi connectivity index (χ3n) is 10.3. The Morgan fingerprint density at radius 3 is 1.94 bits per heavy atom. The molecule has 1 aliphatic rings. The molecule has 5 heteroatoms. The highest BCUT2D eigenvalue weighted by molar-refractivity contribution is 8.09. The zero-order valence-electron chi connectivity index (χ0n) is 29.7. The first kappa shape index (κ1) is 32.6. The van der Waals surface area contributed by atoms with E-state index in [1.807, 2.05) is 11.8 Å². The summed E-state index contributed by atoms with van der Waals surface area (Å²) in [4.78, 5) is 11.5. The quantitative estimate of drug-likeness (QED) is 0.177. The second-order valence-electron chi connectivity index (χ2n) is 13.7. The first-order chi connectivity index (χ1) is 26.7. The molecule has 6 aromatic carbocycles. The number of hydrogen-bond donors (Lipinski definition) is 0. The number of benzene rings is 6. The maximum Gasteiger partial charge on any atom is 0.143 e. The molecule has 54 heavy (non-hydrogen) atoms. The Bertz CT molecular complexity index is 2850. The van der Waals surface area contributed by atoms with Crippen molar-refractivity contribution in [1.82, 2.24) is 14.5 Å². The molecule has 0 N–H and O–H groups in total. The third kappa shape index (κ3) is 5.86. The molecule has 0 aliphatic carbocycles. The number of nitrogens with zero attached hydrogens (tertiary/aromatic N) is 3. The molecule has 0 spiro atoms. The lowest BCUT2D eigenvalue weighted by Crippen LogP contribution is -1.96. The Labute approximate surface area is 322 Å². The van der Waals surface area contributed by atoms with Gasteiger partial charge in [-0.15, -0.1) is 23.1 Å². The van der Waals surface area contributed by atoms with Crippen LogP contribution in [0, 0.1) is 0 Å². The van der Waals surface area contributed by atoms with Gasteiger partial charge in [-0.1, -0.05) is 127 Å². The Hall–Kier alpha value is -6.01. The molecule has 3 nitrogen and oxygen atoms in total. The standard InChI is InChI=1S/C49H35N3S2/c1-32-21-24-39(17-9-20-46(53-32)38-16-8-15-37(29-38)40-18-10-19-41-47-49(54-48(40)41)51-28-27-50-47)52-44-25-22-35(33-11-4-2-5-12-33)30-42(44)43-31-36(23-26-45(43)52)34-13-6-3-7-14-34/h2-8,10-32H,9H2,1H3/b24-21?,39-17+,46-20-. The Morgan fingerprint density at radius 1 is 0.574 bits per heavy atom. The number of fused-ring (bicyclic) bond motifs is 6. The van der Waals surface area contributed by atoms with Crippen LogP contribution in [0.3, 0.4) is 0 Å². The zero-order chi connectivity index (χ0) is 36.0. The fraction of sp³-hybridized carbons (Fsp3) is 0.0612. The van der Waals surface area contributed by atoms with Crippen molar-refractivity contribution in [3.63, 3.8) is 0 Å². The van der Waals surface area contributed by atoms with Gasteiger partial charge in [0.25, 0.3) is 0 Å². The van der Waals surface area contributed by atoms with Crippen molar-refractivity contribution in [2.24, 2.45) is 0 Å². The van der Waals surface area contributed by atoms with Gasteiger partial charge in [0, 0.05) is 49.1 Å². The molecule has 1 atom stereocenters. The van der Waals surface area contributed by atoms with E-state index in [9.17, 15) is 0 Å². The topological polar surface area (TPSA) is 30.7 Å². The highest BCUT2D eigenvalue weighted by Crippen LogP contribution is 2.42. The smallest absolute Gasteiger partial charge is 0.143 e. The fourth-order valence-corrected chi connectivity index (χ4v) is 9.88. The minimum absolute atomic E-state index is 0.270. The van der Waals surface area contributed by atoms with Crippen molar-refractivity contribution in [2.75, 3.05) is 0 Å². The van der Waals surface area contributed by atoms with Gasteiger partial charge < -0.3 is 4.57 Å². The van der Waals surface area contributed by atoms with E-state index in [2.05, 4.69) is 185 Å². The van der Waals surface area contributed by atoms with Gasteiger partial charge in [0.2, 0.25) is 0 Å². The molecule has 0 bridgehead atoms. The van der Waals surface area contributed by atoms with Crippen molar-refractivity contribution in [2.45, 2.75) is 18.6 Å². The highest BCUT2D eigenvalue weighted by Gasteiger charge is 2.18. The summed E-state index contributed by atoms with van der Waals surface area (Å²) in [5.41, 5.74) is 13.2. The molecule has 4 heterocycles. The van der Waals surface area contributed by atoms with Crippen LogP contribution in [0.25, 0.3) is 86.2 Å². The summed E-state index contributed by atoms with van der Waals surface area (Å²) in [5, 5.41) is 3.95. The average molecular weight is 730 g/mol. The Kier molecular flexibility index (Phi) is 8.31. The zero-order valence-corrected chi connectivity index (χ0v) is 31.3. The summed E-state index contributed by atoms with van der Waals surface area (Å²) >= 11 is 3.64. The molecule has 1 aliphatic heterocycles. The minimum atomic E-state index is 0.270. The highest BCUT2D eigenvalue weighted by atomic mass is 32.2. The second kappa shape index (κ2) is 13.8. The molecule has 0 radical (unpaired) electrons. The second-order valence-corrected chi connectivity index (χ2v) is 16.1. The summed E-state index contributed by atoms with van der Waals surface area (Å²) in [6.45, 7) is 2.30. The van der Waals surface area contributed by atoms with Crippen molar-refractivity contribution >= 4 is 75.9 Å². The lowest BCUT2D eigenvalue weighted by atomic mass is 10.0. The molecule has 3 aromatic heterocycles. The van der Waals surface area contributed by atoms with Crippen LogP contribution in [0.15, 0.2) is 176 Å². The van der Waals surface area contributed by atoms with Gasteiger partial charge in [-0.2, -0.15) is 0 Å². The van der Waals surface area contributed by atoms with Crippen LogP contribution in [-0.4, -0.2) is 19.8 Å². The van der Waals surface area contributed by atoms with Crippen LogP contribution in [0.5, 0.6) is 0 Å². The van der Waals surface area contributed by atoms with Gasteiger partial charge in [-0.05, 0) is 88.7 Å². The van der Waals surface area contributed by atoms with Crippen LogP contribution in [0.4, 0.5) is 0 Å². The summed E-state index contributed by atoms with van der Waals surface area (Å²) in [6, 6.07) is 50.8. The van der Waals surface area contributed by atoms with E-state index >= 15 is 0 Å². The monoisotopic (exact) mass is 729 g/mol. The normalized spacial score (nSPS) is 16.9. The largest absolute Gasteiger partial charge is 0.310 e.